The molecule has 0 saturated heterocycles. The Morgan fingerprint density at radius 3 is 2.23 bits per heavy atom. The van der Waals surface area contributed by atoms with Gasteiger partial charge >= 0.3 is 0 Å². The Bertz CT molecular complexity index is 809. The summed E-state index contributed by atoms with van der Waals surface area (Å²) in [6.07, 6.45) is 1.32. The Morgan fingerprint density at radius 2 is 1.67 bits per heavy atom. The Kier molecular flexibility index (Phi) is 9.48. The summed E-state index contributed by atoms with van der Waals surface area (Å²) in [4.78, 5) is 27.3. The molecule has 1 unspecified atom stereocenters. The normalized spacial score (nSPS) is 11.5. The van der Waals surface area contributed by atoms with Crippen LogP contribution in [0.2, 0.25) is 5.02 Å². The van der Waals surface area contributed by atoms with Crippen LogP contribution in [0.1, 0.15) is 32.3 Å². The van der Waals surface area contributed by atoms with Crippen molar-refractivity contribution in [3.8, 4) is 11.5 Å². The molecule has 0 aliphatic rings. The van der Waals surface area contributed by atoms with Crippen molar-refractivity contribution in [1.29, 1.82) is 0 Å². The molecule has 0 bridgehead atoms. The first kappa shape index (κ1) is 23.5. The molecule has 2 amide bonds. The van der Waals surface area contributed by atoms with E-state index in [-0.39, 0.29) is 18.4 Å². The van der Waals surface area contributed by atoms with E-state index in [2.05, 4.69) is 5.32 Å². The molecule has 0 spiro atoms. The third-order valence-corrected chi connectivity index (χ3v) is 4.88. The quantitative estimate of drug-likeness (QED) is 0.581. The van der Waals surface area contributed by atoms with E-state index in [1.807, 2.05) is 26.0 Å². The van der Waals surface area contributed by atoms with E-state index in [0.29, 0.717) is 36.0 Å². The summed E-state index contributed by atoms with van der Waals surface area (Å²) >= 11 is 5.97. The SMILES string of the molecule is CCCNC(=O)C(CC)N(Cc1ccc(Cl)cc1)C(=O)COc1ccc(OC)cc1. The maximum Gasteiger partial charge on any atom is 0.261 e. The number of benzene rings is 2. The molecular weight excluding hydrogens is 404 g/mol. The van der Waals surface area contributed by atoms with Crippen LogP contribution in [0.15, 0.2) is 48.5 Å². The molecule has 2 aromatic rings. The van der Waals surface area contributed by atoms with E-state index in [1.165, 1.54) is 0 Å². The largest absolute Gasteiger partial charge is 0.497 e. The zero-order valence-electron chi connectivity index (χ0n) is 17.7. The van der Waals surface area contributed by atoms with Crippen LogP contribution < -0.4 is 14.8 Å². The minimum Gasteiger partial charge on any atom is -0.497 e. The molecule has 0 aliphatic carbocycles. The van der Waals surface area contributed by atoms with E-state index in [0.717, 1.165) is 12.0 Å². The van der Waals surface area contributed by atoms with Gasteiger partial charge in [-0.2, -0.15) is 0 Å². The van der Waals surface area contributed by atoms with Crippen LogP contribution in [0, 0.1) is 0 Å². The van der Waals surface area contributed by atoms with Crippen molar-refractivity contribution < 1.29 is 19.1 Å². The van der Waals surface area contributed by atoms with Crippen molar-refractivity contribution in [2.45, 2.75) is 39.3 Å². The van der Waals surface area contributed by atoms with Gasteiger partial charge in [-0.25, -0.2) is 0 Å². The molecule has 1 atom stereocenters. The van der Waals surface area contributed by atoms with Gasteiger partial charge < -0.3 is 19.7 Å². The van der Waals surface area contributed by atoms with Gasteiger partial charge in [0.05, 0.1) is 7.11 Å². The maximum atomic E-state index is 13.1. The molecular formula is C23H29ClN2O4. The lowest BCUT2D eigenvalue weighted by Crippen LogP contribution is -2.50. The summed E-state index contributed by atoms with van der Waals surface area (Å²) in [5.74, 6) is 0.834. The van der Waals surface area contributed by atoms with Crippen molar-refractivity contribution in [1.82, 2.24) is 10.2 Å². The highest BCUT2D eigenvalue weighted by Crippen LogP contribution is 2.19. The van der Waals surface area contributed by atoms with Crippen LogP contribution in [0.4, 0.5) is 0 Å². The number of carbonyl (C=O) groups excluding carboxylic acids is 2. The smallest absolute Gasteiger partial charge is 0.261 e. The number of halogens is 1. The monoisotopic (exact) mass is 432 g/mol. The van der Waals surface area contributed by atoms with Gasteiger partial charge in [0, 0.05) is 18.1 Å². The summed E-state index contributed by atoms with van der Waals surface area (Å²) in [6, 6.07) is 13.7. The summed E-state index contributed by atoms with van der Waals surface area (Å²) in [5, 5.41) is 3.51. The predicted octanol–water partition coefficient (Wildman–Crippen LogP) is 4.06. The number of amides is 2. The van der Waals surface area contributed by atoms with Gasteiger partial charge in [0.25, 0.3) is 5.91 Å². The van der Waals surface area contributed by atoms with Gasteiger partial charge in [-0.05, 0) is 54.8 Å². The number of hydrogen-bond acceptors (Lipinski definition) is 4. The number of methoxy groups -OCH3 is 1. The third kappa shape index (κ3) is 6.95. The summed E-state index contributed by atoms with van der Waals surface area (Å²) in [6.45, 7) is 4.57. The summed E-state index contributed by atoms with van der Waals surface area (Å²) in [7, 11) is 1.59. The van der Waals surface area contributed by atoms with Gasteiger partial charge in [0.1, 0.15) is 17.5 Å². The van der Waals surface area contributed by atoms with Crippen molar-refractivity contribution >= 4 is 23.4 Å². The molecule has 30 heavy (non-hydrogen) atoms. The number of nitrogens with one attached hydrogen (secondary N) is 1. The number of ether oxygens (including phenoxy) is 2. The highest BCUT2D eigenvalue weighted by Gasteiger charge is 2.28. The molecule has 162 valence electrons. The molecule has 1 N–H and O–H groups in total. The van der Waals surface area contributed by atoms with Crippen molar-refractivity contribution in [3.05, 3.63) is 59.1 Å². The van der Waals surface area contributed by atoms with E-state index in [4.69, 9.17) is 21.1 Å². The van der Waals surface area contributed by atoms with Crippen LogP contribution in [-0.2, 0) is 16.1 Å². The molecule has 0 aromatic heterocycles. The predicted molar refractivity (Wildman–Crippen MR) is 118 cm³/mol. The average Bonchev–Trinajstić information content (AvgIpc) is 2.77. The second kappa shape index (κ2) is 12.1. The highest BCUT2D eigenvalue weighted by atomic mass is 35.5. The zero-order chi connectivity index (χ0) is 21.9. The number of hydrogen-bond donors (Lipinski definition) is 1. The molecule has 0 radical (unpaired) electrons. The Morgan fingerprint density at radius 1 is 1.03 bits per heavy atom. The second-order valence-electron chi connectivity index (χ2n) is 6.83. The lowest BCUT2D eigenvalue weighted by atomic mass is 10.1. The van der Waals surface area contributed by atoms with Crippen LogP contribution in [-0.4, -0.2) is 43.0 Å². The van der Waals surface area contributed by atoms with Crippen LogP contribution in [0.3, 0.4) is 0 Å². The minimum atomic E-state index is -0.584. The Labute approximate surface area is 183 Å². The van der Waals surface area contributed by atoms with Crippen molar-refractivity contribution in [2.75, 3.05) is 20.3 Å². The lowest BCUT2D eigenvalue weighted by Gasteiger charge is -2.30. The van der Waals surface area contributed by atoms with Gasteiger partial charge in [-0.3, -0.25) is 9.59 Å². The molecule has 6 nitrogen and oxygen atoms in total. The standard InChI is InChI=1S/C23H29ClN2O4/c1-4-14-25-23(28)21(5-2)26(15-17-6-8-18(24)9-7-17)22(27)16-30-20-12-10-19(29-3)11-13-20/h6-13,21H,4-5,14-16H2,1-3H3,(H,25,28). The number of rotatable bonds is 11. The topological polar surface area (TPSA) is 67.9 Å². The first-order valence-electron chi connectivity index (χ1n) is 10.1. The van der Waals surface area contributed by atoms with Crippen LogP contribution in [0.25, 0.3) is 0 Å². The maximum absolute atomic E-state index is 13.1. The van der Waals surface area contributed by atoms with Crippen molar-refractivity contribution in [3.63, 3.8) is 0 Å². The van der Waals surface area contributed by atoms with Crippen molar-refractivity contribution in [2.24, 2.45) is 0 Å². The zero-order valence-corrected chi connectivity index (χ0v) is 18.4. The molecule has 0 saturated carbocycles. The molecule has 0 heterocycles. The molecule has 0 fully saturated rings. The fourth-order valence-electron chi connectivity index (χ4n) is 2.97. The van der Waals surface area contributed by atoms with E-state index in [1.54, 1.807) is 48.4 Å². The number of nitrogens with zero attached hydrogens (tertiary/aromatic N) is 1. The Balaban J connectivity index is 2.15. The van der Waals surface area contributed by atoms with Gasteiger partial charge in [0.2, 0.25) is 5.91 Å². The first-order chi connectivity index (χ1) is 14.5. The van der Waals surface area contributed by atoms with E-state index >= 15 is 0 Å². The summed E-state index contributed by atoms with van der Waals surface area (Å²) in [5.41, 5.74) is 0.888. The van der Waals surface area contributed by atoms with Crippen LogP contribution in [0.5, 0.6) is 11.5 Å². The second-order valence-corrected chi connectivity index (χ2v) is 7.26. The average molecular weight is 433 g/mol. The molecule has 2 rings (SSSR count). The third-order valence-electron chi connectivity index (χ3n) is 4.62. The van der Waals surface area contributed by atoms with Gasteiger partial charge in [-0.1, -0.05) is 37.6 Å². The molecule has 2 aromatic carbocycles. The Hall–Kier alpha value is -2.73. The van der Waals surface area contributed by atoms with E-state index in [9.17, 15) is 9.59 Å². The minimum absolute atomic E-state index is 0.161. The lowest BCUT2D eigenvalue weighted by molar-refractivity contribution is -0.143. The summed E-state index contributed by atoms with van der Waals surface area (Å²) < 4.78 is 10.8. The van der Waals surface area contributed by atoms with E-state index < -0.39 is 6.04 Å². The van der Waals surface area contributed by atoms with Crippen LogP contribution >= 0.6 is 11.6 Å². The number of carbonyl (C=O) groups is 2. The molecule has 0 aliphatic heterocycles. The molecule has 7 heteroatoms. The van der Waals surface area contributed by atoms with Gasteiger partial charge in [0.15, 0.2) is 6.61 Å². The first-order valence-corrected chi connectivity index (χ1v) is 10.4. The highest BCUT2D eigenvalue weighted by molar-refractivity contribution is 6.30. The van der Waals surface area contributed by atoms with Gasteiger partial charge in [-0.15, -0.1) is 0 Å². The fourth-order valence-corrected chi connectivity index (χ4v) is 3.10. The fraction of sp³-hybridized carbons (Fsp3) is 0.391.